The van der Waals surface area contributed by atoms with Crippen LogP contribution in [0.15, 0.2) is 41.3 Å². The van der Waals surface area contributed by atoms with Gasteiger partial charge in [0, 0.05) is 11.0 Å². The molecule has 1 aliphatic rings. The van der Waals surface area contributed by atoms with E-state index in [0.29, 0.717) is 17.2 Å². The van der Waals surface area contributed by atoms with Crippen LogP contribution in [0.25, 0.3) is 0 Å². The van der Waals surface area contributed by atoms with Crippen molar-refractivity contribution in [2.45, 2.75) is 24.2 Å². The summed E-state index contributed by atoms with van der Waals surface area (Å²) in [6, 6.07) is 11.3. The van der Waals surface area contributed by atoms with Gasteiger partial charge < -0.3 is 19.5 Å². The zero-order valence-electron chi connectivity index (χ0n) is 15.9. The van der Waals surface area contributed by atoms with Gasteiger partial charge in [0.25, 0.3) is 5.91 Å². The van der Waals surface area contributed by atoms with Crippen LogP contribution in [0.1, 0.15) is 17.5 Å². The first kappa shape index (κ1) is 20.1. The first-order valence-corrected chi connectivity index (χ1v) is 9.99. The molecule has 0 aliphatic heterocycles. The van der Waals surface area contributed by atoms with Crippen LogP contribution >= 0.6 is 11.8 Å². The molecular formula is C21H23NO5S. The number of carbonyl (C=O) groups is 2. The molecular weight excluding hydrogens is 378 g/mol. The van der Waals surface area contributed by atoms with Crippen LogP contribution < -0.4 is 14.8 Å². The third kappa shape index (κ3) is 5.19. The highest BCUT2D eigenvalue weighted by molar-refractivity contribution is 8.00. The Morgan fingerprint density at radius 1 is 1.04 bits per heavy atom. The van der Waals surface area contributed by atoms with Crippen molar-refractivity contribution in [1.82, 2.24) is 0 Å². The molecule has 0 fully saturated rings. The molecule has 148 valence electrons. The Labute approximate surface area is 168 Å². The number of esters is 1. The monoisotopic (exact) mass is 401 g/mol. The predicted octanol–water partition coefficient (Wildman–Crippen LogP) is 3.47. The van der Waals surface area contributed by atoms with E-state index in [4.69, 9.17) is 14.2 Å². The average molecular weight is 401 g/mol. The predicted molar refractivity (Wildman–Crippen MR) is 108 cm³/mol. The molecule has 0 spiro atoms. The molecule has 7 heteroatoms. The highest BCUT2D eigenvalue weighted by atomic mass is 32.2. The Balaban J connectivity index is 1.45. The number of rotatable bonds is 8. The van der Waals surface area contributed by atoms with E-state index >= 15 is 0 Å². The van der Waals surface area contributed by atoms with Crippen molar-refractivity contribution in [3.05, 3.63) is 47.5 Å². The van der Waals surface area contributed by atoms with E-state index in [0.717, 1.165) is 17.7 Å². The molecule has 6 nitrogen and oxygen atoms in total. The first-order valence-electron chi connectivity index (χ1n) is 9.01. The lowest BCUT2D eigenvalue weighted by Gasteiger charge is -2.11. The number of nitrogens with one attached hydrogen (secondary N) is 1. The Hall–Kier alpha value is -2.67. The summed E-state index contributed by atoms with van der Waals surface area (Å²) in [6.07, 6.45) is 3.43. The first-order chi connectivity index (χ1) is 13.6. The lowest BCUT2D eigenvalue weighted by molar-refractivity contribution is -0.144. The molecule has 0 heterocycles. The quantitative estimate of drug-likeness (QED) is 0.539. The van der Waals surface area contributed by atoms with Gasteiger partial charge >= 0.3 is 5.97 Å². The van der Waals surface area contributed by atoms with Crippen LogP contribution in [-0.2, 0) is 27.2 Å². The molecule has 28 heavy (non-hydrogen) atoms. The summed E-state index contributed by atoms with van der Waals surface area (Å²) in [5.74, 6) is 0.385. The van der Waals surface area contributed by atoms with Crippen molar-refractivity contribution in [3.63, 3.8) is 0 Å². The van der Waals surface area contributed by atoms with Crippen LogP contribution in [0.4, 0.5) is 5.69 Å². The number of carbonyl (C=O) groups excluding carboxylic acids is 2. The fraction of sp³-hybridized carbons (Fsp3) is 0.333. The van der Waals surface area contributed by atoms with Crippen LogP contribution in [-0.4, -0.2) is 38.5 Å². The lowest BCUT2D eigenvalue weighted by atomic mass is 10.1. The third-order valence-corrected chi connectivity index (χ3v) is 5.44. The molecule has 0 atom stereocenters. The fourth-order valence-electron chi connectivity index (χ4n) is 3.06. The van der Waals surface area contributed by atoms with Gasteiger partial charge in [-0.2, -0.15) is 0 Å². The van der Waals surface area contributed by atoms with Gasteiger partial charge in [-0.15, -0.1) is 11.8 Å². The molecule has 0 aromatic heterocycles. The Morgan fingerprint density at radius 3 is 2.64 bits per heavy atom. The minimum atomic E-state index is -0.431. The zero-order chi connectivity index (χ0) is 19.9. The van der Waals surface area contributed by atoms with Crippen LogP contribution in [0.3, 0.4) is 0 Å². The van der Waals surface area contributed by atoms with Crippen LogP contribution in [0.5, 0.6) is 11.5 Å². The van der Waals surface area contributed by atoms with E-state index in [1.165, 1.54) is 36.4 Å². The van der Waals surface area contributed by atoms with E-state index in [9.17, 15) is 9.59 Å². The summed E-state index contributed by atoms with van der Waals surface area (Å²) in [4.78, 5) is 25.1. The van der Waals surface area contributed by atoms with Crippen LogP contribution in [0.2, 0.25) is 0 Å². The van der Waals surface area contributed by atoms with Crippen LogP contribution in [0, 0.1) is 0 Å². The molecule has 0 saturated carbocycles. The second kappa shape index (κ2) is 9.50. The standard InChI is InChI=1S/C21H23NO5S/c1-25-16-7-9-18(19(11-16)26-2)22-20(23)12-27-21(24)13-28-17-8-6-14-4-3-5-15(14)10-17/h6-11H,3-5,12-13H2,1-2H3,(H,22,23). The molecule has 1 amide bonds. The average Bonchev–Trinajstić information content (AvgIpc) is 3.18. The maximum Gasteiger partial charge on any atom is 0.316 e. The highest BCUT2D eigenvalue weighted by Crippen LogP contribution is 2.29. The van der Waals surface area contributed by atoms with Gasteiger partial charge in [-0.25, -0.2) is 0 Å². The number of hydrogen-bond acceptors (Lipinski definition) is 6. The molecule has 0 bridgehead atoms. The minimum Gasteiger partial charge on any atom is -0.497 e. The van der Waals surface area contributed by atoms with E-state index in [1.54, 1.807) is 25.3 Å². The normalized spacial score (nSPS) is 12.2. The maximum atomic E-state index is 12.1. The summed E-state index contributed by atoms with van der Waals surface area (Å²) in [5, 5.41) is 2.67. The topological polar surface area (TPSA) is 73.9 Å². The zero-order valence-corrected chi connectivity index (χ0v) is 16.8. The largest absolute Gasteiger partial charge is 0.497 e. The molecule has 2 aromatic carbocycles. The Kier molecular flexibility index (Phi) is 6.81. The van der Waals surface area contributed by atoms with Crippen molar-refractivity contribution >= 4 is 29.3 Å². The van der Waals surface area contributed by atoms with Crippen molar-refractivity contribution in [2.24, 2.45) is 0 Å². The summed E-state index contributed by atoms with van der Waals surface area (Å²) in [5.41, 5.74) is 3.25. The van der Waals surface area contributed by atoms with Gasteiger partial charge in [-0.3, -0.25) is 9.59 Å². The third-order valence-electron chi connectivity index (χ3n) is 4.47. The lowest BCUT2D eigenvalue weighted by Crippen LogP contribution is -2.21. The highest BCUT2D eigenvalue weighted by Gasteiger charge is 2.14. The molecule has 3 rings (SSSR count). The molecule has 0 unspecified atom stereocenters. The summed E-state index contributed by atoms with van der Waals surface area (Å²) in [7, 11) is 3.05. The SMILES string of the molecule is COc1ccc(NC(=O)COC(=O)CSc2ccc3c(c2)CCC3)c(OC)c1. The van der Waals surface area contributed by atoms with E-state index < -0.39 is 11.9 Å². The Bertz CT molecular complexity index is 868. The van der Waals surface area contributed by atoms with Gasteiger partial charge in [0.05, 0.1) is 25.7 Å². The number of benzene rings is 2. The maximum absolute atomic E-state index is 12.1. The van der Waals surface area contributed by atoms with Crippen molar-refractivity contribution < 1.29 is 23.8 Å². The van der Waals surface area contributed by atoms with Crippen molar-refractivity contribution in [2.75, 3.05) is 31.9 Å². The molecule has 1 aliphatic carbocycles. The number of thioether (sulfide) groups is 1. The second-order valence-corrected chi connectivity index (χ2v) is 7.40. The van der Waals surface area contributed by atoms with Gasteiger partial charge in [0.15, 0.2) is 6.61 Å². The van der Waals surface area contributed by atoms with Crippen molar-refractivity contribution in [3.8, 4) is 11.5 Å². The number of amides is 1. The molecule has 1 N–H and O–H groups in total. The van der Waals surface area contributed by atoms with Gasteiger partial charge in [-0.1, -0.05) is 6.07 Å². The van der Waals surface area contributed by atoms with Crippen molar-refractivity contribution in [1.29, 1.82) is 0 Å². The van der Waals surface area contributed by atoms with Gasteiger partial charge in [-0.05, 0) is 54.7 Å². The fourth-order valence-corrected chi connectivity index (χ4v) is 3.81. The Morgan fingerprint density at radius 2 is 1.86 bits per heavy atom. The van der Waals surface area contributed by atoms with Gasteiger partial charge in [0.2, 0.25) is 0 Å². The van der Waals surface area contributed by atoms with Gasteiger partial charge in [0.1, 0.15) is 11.5 Å². The van der Waals surface area contributed by atoms with E-state index in [1.807, 2.05) is 6.07 Å². The number of hydrogen-bond donors (Lipinski definition) is 1. The van der Waals surface area contributed by atoms with E-state index in [2.05, 4.69) is 17.4 Å². The number of anilines is 1. The summed E-state index contributed by atoms with van der Waals surface area (Å²) in [6.45, 7) is -0.348. The van der Waals surface area contributed by atoms with E-state index in [-0.39, 0.29) is 12.4 Å². The molecule has 0 radical (unpaired) electrons. The number of fused-ring (bicyclic) bond motifs is 1. The second-order valence-electron chi connectivity index (χ2n) is 6.35. The summed E-state index contributed by atoms with van der Waals surface area (Å²) >= 11 is 1.42. The molecule has 2 aromatic rings. The number of methoxy groups -OCH3 is 2. The number of ether oxygens (including phenoxy) is 3. The summed E-state index contributed by atoms with van der Waals surface area (Å²) < 4.78 is 15.4. The smallest absolute Gasteiger partial charge is 0.316 e. The molecule has 0 saturated heterocycles. The minimum absolute atomic E-state index is 0.165. The number of aryl methyl sites for hydroxylation is 2.